The summed E-state index contributed by atoms with van der Waals surface area (Å²) in [4.78, 5) is 0. The number of aliphatic hydroxyl groups is 3. The molecule has 0 radical (unpaired) electrons. The lowest BCUT2D eigenvalue weighted by molar-refractivity contribution is -0.306. The van der Waals surface area contributed by atoms with E-state index in [0.717, 1.165) is 12.8 Å². The fourth-order valence-corrected chi connectivity index (χ4v) is 4.90. The van der Waals surface area contributed by atoms with Gasteiger partial charge in [-0.3, -0.25) is 0 Å². The van der Waals surface area contributed by atoms with Crippen molar-refractivity contribution >= 4 is 0 Å². The molecule has 0 aromatic heterocycles. The summed E-state index contributed by atoms with van der Waals surface area (Å²) in [5, 5.41) is 38.1. The first kappa shape index (κ1) is 26.1. The van der Waals surface area contributed by atoms with Crippen LogP contribution in [-0.2, 0) is 18.9 Å². The summed E-state index contributed by atoms with van der Waals surface area (Å²) in [6, 6.07) is -2.20. The van der Waals surface area contributed by atoms with Crippen LogP contribution in [-0.4, -0.2) is 115 Å². The van der Waals surface area contributed by atoms with Gasteiger partial charge in [-0.05, 0) is 40.3 Å². The van der Waals surface area contributed by atoms with Crippen molar-refractivity contribution in [3.63, 3.8) is 0 Å². The van der Waals surface area contributed by atoms with Gasteiger partial charge in [0.2, 0.25) is 0 Å². The second-order valence-electron chi connectivity index (χ2n) is 9.47. The second kappa shape index (κ2) is 10.8. The van der Waals surface area contributed by atoms with E-state index in [1.54, 1.807) is 14.0 Å². The molecule has 0 aromatic rings. The number of nitrogens with two attached hydrogens (primary N) is 3. The molecular formula is C20H41N5O7. The van der Waals surface area contributed by atoms with Gasteiger partial charge in [0.1, 0.15) is 30.0 Å². The highest BCUT2D eigenvalue weighted by Crippen LogP contribution is 2.31. The third kappa shape index (κ3) is 5.59. The molecule has 188 valence electrons. The number of nitrogens with one attached hydrogen (secondary N) is 2. The molecule has 12 heteroatoms. The minimum Gasteiger partial charge on any atom is -0.388 e. The van der Waals surface area contributed by atoms with Gasteiger partial charge in [-0.25, -0.2) is 0 Å². The average Bonchev–Trinajstić information content (AvgIpc) is 2.72. The Kier molecular flexibility index (Phi) is 8.86. The van der Waals surface area contributed by atoms with Crippen molar-refractivity contribution < 1.29 is 34.3 Å². The van der Waals surface area contributed by atoms with Gasteiger partial charge < -0.3 is 62.1 Å². The van der Waals surface area contributed by atoms with Crippen LogP contribution in [0.2, 0.25) is 0 Å². The maximum atomic E-state index is 11.1. The second-order valence-corrected chi connectivity index (χ2v) is 9.47. The minimum absolute atomic E-state index is 0.0480. The Labute approximate surface area is 189 Å². The molecule has 0 bridgehead atoms. The van der Waals surface area contributed by atoms with Crippen LogP contribution in [0.3, 0.4) is 0 Å². The van der Waals surface area contributed by atoms with Crippen molar-refractivity contribution in [3.8, 4) is 0 Å². The molecule has 0 amide bonds. The smallest absolute Gasteiger partial charge is 0.185 e. The van der Waals surface area contributed by atoms with Gasteiger partial charge in [0, 0.05) is 18.6 Å². The molecule has 0 aromatic carbocycles. The quantitative estimate of drug-likeness (QED) is 0.184. The summed E-state index contributed by atoms with van der Waals surface area (Å²) in [5.41, 5.74) is 17.4. The highest BCUT2D eigenvalue weighted by Gasteiger charge is 2.50. The van der Waals surface area contributed by atoms with E-state index < -0.39 is 60.7 Å². The van der Waals surface area contributed by atoms with Crippen molar-refractivity contribution in [2.24, 2.45) is 17.2 Å². The van der Waals surface area contributed by atoms with E-state index in [4.69, 9.17) is 36.1 Å². The monoisotopic (exact) mass is 463 g/mol. The van der Waals surface area contributed by atoms with Gasteiger partial charge in [-0.1, -0.05) is 0 Å². The van der Waals surface area contributed by atoms with E-state index in [2.05, 4.69) is 10.6 Å². The molecule has 0 spiro atoms. The zero-order valence-electron chi connectivity index (χ0n) is 19.1. The first-order valence-electron chi connectivity index (χ1n) is 11.3. The Hall–Kier alpha value is -0.480. The SMILES string of the molecule is CNC[C@H]1CC[C@@H](N)[C@@H](O[C@@H]2[C@H](O)[C@H](O[C@H]3OC[C@](C)(O)[C@@H](NC)[C@H]3O)[C@H](N)C[C@@H]2N)O1. The first-order chi connectivity index (χ1) is 15.1. The lowest BCUT2D eigenvalue weighted by atomic mass is 9.84. The Morgan fingerprint density at radius 1 is 0.969 bits per heavy atom. The standard InChI is InChI=1S/C20H41N5O7/c1-20(28)8-29-19(14(27)17(20)25-3)32-16-12(23)6-11(22)15(13(16)26)31-18-10(21)5-4-9(30-18)7-24-2/h9-19,24-28H,4-8,21-23H2,1-3H3/t9-,10-,11+,12-,13+,14-,15+,16-,17+,18-,19-,20+/m1/s1. The van der Waals surface area contributed by atoms with E-state index in [1.807, 2.05) is 7.05 Å². The summed E-state index contributed by atoms with van der Waals surface area (Å²) in [6.45, 7) is 2.16. The number of hydrogen-bond donors (Lipinski definition) is 8. The van der Waals surface area contributed by atoms with E-state index in [1.165, 1.54) is 0 Å². The van der Waals surface area contributed by atoms with Crippen LogP contribution in [0.15, 0.2) is 0 Å². The van der Waals surface area contributed by atoms with Gasteiger partial charge in [0.15, 0.2) is 12.6 Å². The predicted octanol–water partition coefficient (Wildman–Crippen LogP) is -3.72. The molecule has 1 aliphatic carbocycles. The lowest BCUT2D eigenvalue weighted by Crippen LogP contribution is -2.68. The van der Waals surface area contributed by atoms with E-state index in [9.17, 15) is 15.3 Å². The molecule has 3 aliphatic rings. The van der Waals surface area contributed by atoms with Crippen molar-refractivity contribution in [3.05, 3.63) is 0 Å². The Bertz CT molecular complexity index is 603. The summed E-state index contributed by atoms with van der Waals surface area (Å²) in [6.07, 6.45) is -4.12. The number of ether oxygens (including phenoxy) is 4. The molecule has 2 aliphatic heterocycles. The van der Waals surface area contributed by atoms with Crippen LogP contribution >= 0.6 is 0 Å². The fraction of sp³-hybridized carbons (Fsp3) is 1.00. The highest BCUT2D eigenvalue weighted by molar-refractivity contribution is 5.01. The molecule has 3 fully saturated rings. The summed E-state index contributed by atoms with van der Waals surface area (Å²) >= 11 is 0. The van der Waals surface area contributed by atoms with Crippen LogP contribution in [0.4, 0.5) is 0 Å². The van der Waals surface area contributed by atoms with Crippen molar-refractivity contribution in [1.29, 1.82) is 0 Å². The highest BCUT2D eigenvalue weighted by atomic mass is 16.7. The minimum atomic E-state index is -1.28. The summed E-state index contributed by atoms with van der Waals surface area (Å²) in [7, 11) is 3.47. The number of hydrogen-bond acceptors (Lipinski definition) is 12. The van der Waals surface area contributed by atoms with Gasteiger partial charge in [0.05, 0.1) is 24.8 Å². The number of rotatable bonds is 7. The molecule has 2 heterocycles. The van der Waals surface area contributed by atoms with Crippen molar-refractivity contribution in [2.75, 3.05) is 27.2 Å². The van der Waals surface area contributed by atoms with Gasteiger partial charge in [-0.2, -0.15) is 0 Å². The Morgan fingerprint density at radius 3 is 2.19 bits per heavy atom. The normalized spacial score (nSPS) is 50.3. The third-order valence-electron chi connectivity index (χ3n) is 6.72. The zero-order valence-corrected chi connectivity index (χ0v) is 19.1. The maximum Gasteiger partial charge on any atom is 0.185 e. The zero-order chi connectivity index (χ0) is 23.6. The predicted molar refractivity (Wildman–Crippen MR) is 115 cm³/mol. The molecule has 2 saturated heterocycles. The first-order valence-corrected chi connectivity index (χ1v) is 11.3. The molecule has 12 nitrogen and oxygen atoms in total. The van der Waals surface area contributed by atoms with Crippen molar-refractivity contribution in [1.82, 2.24) is 10.6 Å². The molecule has 11 N–H and O–H groups in total. The maximum absolute atomic E-state index is 11.1. The molecule has 0 unspecified atom stereocenters. The lowest BCUT2D eigenvalue weighted by Gasteiger charge is -2.48. The van der Waals surface area contributed by atoms with Gasteiger partial charge >= 0.3 is 0 Å². The van der Waals surface area contributed by atoms with Crippen LogP contribution in [0.25, 0.3) is 0 Å². The van der Waals surface area contributed by atoms with E-state index >= 15 is 0 Å². The molecular weight excluding hydrogens is 422 g/mol. The third-order valence-corrected chi connectivity index (χ3v) is 6.72. The Balaban J connectivity index is 1.67. The summed E-state index contributed by atoms with van der Waals surface area (Å²) in [5.74, 6) is 0. The van der Waals surface area contributed by atoms with Crippen molar-refractivity contribution in [2.45, 2.75) is 99.1 Å². The molecule has 3 rings (SSSR count). The van der Waals surface area contributed by atoms with Gasteiger partial charge in [-0.15, -0.1) is 0 Å². The van der Waals surface area contributed by atoms with E-state index in [-0.39, 0.29) is 18.8 Å². The van der Waals surface area contributed by atoms with Crippen LogP contribution in [0.1, 0.15) is 26.2 Å². The van der Waals surface area contributed by atoms with E-state index in [0.29, 0.717) is 13.0 Å². The molecule has 32 heavy (non-hydrogen) atoms. The average molecular weight is 464 g/mol. The number of likely N-dealkylation sites (N-methyl/N-ethyl adjacent to an activating group) is 2. The Morgan fingerprint density at radius 2 is 1.59 bits per heavy atom. The number of aliphatic hydroxyl groups excluding tert-OH is 2. The van der Waals surface area contributed by atoms with Crippen LogP contribution in [0.5, 0.6) is 0 Å². The largest absolute Gasteiger partial charge is 0.388 e. The summed E-state index contributed by atoms with van der Waals surface area (Å²) < 4.78 is 23.5. The van der Waals surface area contributed by atoms with Crippen LogP contribution in [0, 0.1) is 0 Å². The fourth-order valence-electron chi connectivity index (χ4n) is 4.90. The van der Waals surface area contributed by atoms with Gasteiger partial charge in [0.25, 0.3) is 0 Å². The van der Waals surface area contributed by atoms with Crippen LogP contribution < -0.4 is 27.8 Å². The molecule has 1 saturated carbocycles. The molecule has 12 atom stereocenters. The topological polar surface area (TPSA) is 200 Å².